The lowest BCUT2D eigenvalue weighted by Crippen LogP contribution is -2.52. The van der Waals surface area contributed by atoms with Crippen molar-refractivity contribution in [2.24, 2.45) is 14.1 Å². The second-order valence-electron chi connectivity index (χ2n) is 18.0. The van der Waals surface area contributed by atoms with Crippen LogP contribution in [0.3, 0.4) is 0 Å². The molecular formula is C51H59ClN12O8S. The third-order valence-electron chi connectivity index (χ3n) is 13.2. The average molecular weight is 1040 g/mol. The summed E-state index contributed by atoms with van der Waals surface area (Å²) in [6.45, 7) is 11.7. The van der Waals surface area contributed by atoms with Gasteiger partial charge < -0.3 is 43.9 Å². The van der Waals surface area contributed by atoms with Crippen LogP contribution < -0.4 is 45.6 Å². The molecule has 7 aromatic rings. The molecule has 20 nitrogen and oxygen atoms in total. The number of pyridine rings is 2. The summed E-state index contributed by atoms with van der Waals surface area (Å²) in [6.07, 6.45) is 5.04. The number of likely N-dealkylation sites (N-methyl/N-ethyl adjacent to an activating group) is 1. The van der Waals surface area contributed by atoms with Gasteiger partial charge in [-0.15, -0.1) is 0 Å². The second kappa shape index (κ2) is 22.3. The number of carbonyl (C=O) groups is 1. The predicted molar refractivity (Wildman–Crippen MR) is 285 cm³/mol. The van der Waals surface area contributed by atoms with Crippen LogP contribution in [-0.4, -0.2) is 151 Å². The minimum atomic E-state index is -3.54. The number of anilines is 4. The molecule has 0 unspecified atom stereocenters. The van der Waals surface area contributed by atoms with E-state index in [2.05, 4.69) is 44.9 Å². The molecule has 6 heterocycles. The number of benzene rings is 3. The average Bonchev–Trinajstić information content (AvgIpc) is 3.90. The maximum atomic E-state index is 12.9. The minimum Gasteiger partial charge on any atom is -0.492 e. The molecule has 22 heteroatoms. The Morgan fingerprint density at radius 2 is 1.51 bits per heavy atom. The number of rotatable bonds is 19. The standard InChI is InChI=1S/C51H59ClN12O8S/c1-5-73(68,69)58-36-10-12-44(40(29-36)41-32-59(3)50(67)47-39(41)13-14-54-47)72-38-8-6-7-37(30-38)70-26-25-63-19-17-61(18-20-63)15-16-62-21-23-64(24-22-62)51-55-31-42(52)48(57-51)56-35-9-11-43-34(27-35)28-45(49(66)60(43)4)71-33-46(65)53-2/h6-14,27-32,54,58H,5,15-26,33H2,1-4H3,(H,53,65)(H,55,56,57). The number of hydrogen-bond donors (Lipinski definition) is 4. The van der Waals surface area contributed by atoms with Crippen LogP contribution in [0.2, 0.25) is 5.02 Å². The number of fused-ring (bicyclic) bond motifs is 2. The van der Waals surface area contributed by atoms with Crippen LogP contribution in [0.5, 0.6) is 23.0 Å². The zero-order valence-electron chi connectivity index (χ0n) is 41.2. The SMILES string of the molecule is CCS(=O)(=O)Nc1ccc(Oc2cccc(OCCN3CCN(CCN4CCN(c5ncc(Cl)c(Nc6ccc7c(c6)cc(OCC(=O)NC)c(=O)n7C)n5)CC4)CC3)c2)c(-c2cn(C)c(=O)c3[nH]ccc23)c1. The van der Waals surface area contributed by atoms with Crippen molar-refractivity contribution in [3.8, 4) is 34.1 Å². The van der Waals surface area contributed by atoms with E-state index < -0.39 is 10.0 Å². The highest BCUT2D eigenvalue weighted by molar-refractivity contribution is 7.92. The third kappa shape index (κ3) is 12.0. The number of hydrogen-bond acceptors (Lipinski definition) is 15. The lowest BCUT2D eigenvalue weighted by molar-refractivity contribution is -0.122. The summed E-state index contributed by atoms with van der Waals surface area (Å²) in [5.41, 5.74) is 3.03. The number of aromatic nitrogens is 5. The molecule has 3 aromatic carbocycles. The maximum Gasteiger partial charge on any atom is 0.293 e. The van der Waals surface area contributed by atoms with E-state index in [1.807, 2.05) is 48.5 Å². The van der Waals surface area contributed by atoms with Crippen LogP contribution in [0.4, 0.5) is 23.1 Å². The summed E-state index contributed by atoms with van der Waals surface area (Å²) < 4.78 is 48.8. The molecule has 384 valence electrons. The highest BCUT2D eigenvalue weighted by Gasteiger charge is 2.23. The molecule has 2 fully saturated rings. The third-order valence-corrected chi connectivity index (χ3v) is 14.8. The van der Waals surface area contributed by atoms with Gasteiger partial charge in [0, 0.05) is 145 Å². The van der Waals surface area contributed by atoms with Gasteiger partial charge in [0.2, 0.25) is 16.0 Å². The Balaban J connectivity index is 0.729. The summed E-state index contributed by atoms with van der Waals surface area (Å²) in [4.78, 5) is 59.4. The number of nitrogens with one attached hydrogen (secondary N) is 4. The number of ether oxygens (including phenoxy) is 3. The van der Waals surface area contributed by atoms with Gasteiger partial charge in [-0.1, -0.05) is 17.7 Å². The molecule has 0 aliphatic carbocycles. The van der Waals surface area contributed by atoms with Crippen LogP contribution in [0.15, 0.2) is 101 Å². The lowest BCUT2D eigenvalue weighted by atomic mass is 10.0. The van der Waals surface area contributed by atoms with Crippen LogP contribution in [0.25, 0.3) is 32.9 Å². The van der Waals surface area contributed by atoms with Crippen molar-refractivity contribution in [3.63, 3.8) is 0 Å². The first-order valence-corrected chi connectivity index (χ1v) is 26.2. The number of aromatic amines is 1. The summed E-state index contributed by atoms with van der Waals surface area (Å²) >= 11 is 6.58. The Kier molecular flexibility index (Phi) is 15.5. The molecule has 4 aromatic heterocycles. The molecule has 4 N–H and O–H groups in total. The predicted octanol–water partition coefficient (Wildman–Crippen LogP) is 5.07. The fourth-order valence-electron chi connectivity index (χ4n) is 8.95. The molecule has 2 saturated heterocycles. The van der Waals surface area contributed by atoms with E-state index in [4.69, 9.17) is 30.8 Å². The van der Waals surface area contributed by atoms with Gasteiger partial charge in [0.1, 0.15) is 34.4 Å². The highest BCUT2D eigenvalue weighted by Crippen LogP contribution is 2.39. The number of H-pyrrole nitrogens is 1. The maximum absolute atomic E-state index is 12.9. The smallest absolute Gasteiger partial charge is 0.293 e. The zero-order valence-corrected chi connectivity index (χ0v) is 42.8. The van der Waals surface area contributed by atoms with Crippen LogP contribution in [-0.2, 0) is 28.9 Å². The summed E-state index contributed by atoms with van der Waals surface area (Å²) in [5, 5.41) is 7.60. The number of carbonyl (C=O) groups excluding carboxylic acids is 1. The van der Waals surface area contributed by atoms with Gasteiger partial charge in [-0.25, -0.2) is 13.4 Å². The number of nitrogens with zero attached hydrogens (tertiary/aromatic N) is 8. The Labute approximate surface area is 427 Å². The molecule has 0 atom stereocenters. The topological polar surface area (TPSA) is 214 Å². The van der Waals surface area contributed by atoms with E-state index in [1.165, 1.54) is 16.2 Å². The van der Waals surface area contributed by atoms with E-state index in [9.17, 15) is 22.8 Å². The fourth-order valence-corrected chi connectivity index (χ4v) is 9.72. The van der Waals surface area contributed by atoms with Crippen molar-refractivity contribution in [2.45, 2.75) is 6.92 Å². The van der Waals surface area contributed by atoms with Gasteiger partial charge in [-0.2, -0.15) is 4.98 Å². The Morgan fingerprint density at radius 3 is 2.25 bits per heavy atom. The number of amides is 1. The van der Waals surface area contributed by atoms with Crippen molar-refractivity contribution >= 4 is 72.5 Å². The van der Waals surface area contributed by atoms with Gasteiger partial charge in [0.15, 0.2) is 18.2 Å². The first-order chi connectivity index (χ1) is 35.2. The van der Waals surface area contributed by atoms with Crippen LogP contribution >= 0.6 is 11.6 Å². The van der Waals surface area contributed by atoms with E-state index in [1.54, 1.807) is 63.9 Å². The Morgan fingerprint density at radius 1 is 0.795 bits per heavy atom. The van der Waals surface area contributed by atoms with Crippen molar-refractivity contribution in [2.75, 3.05) is 113 Å². The van der Waals surface area contributed by atoms with Gasteiger partial charge in [0.25, 0.3) is 17.0 Å². The molecule has 2 aliphatic rings. The lowest BCUT2D eigenvalue weighted by Gasteiger charge is -2.38. The fraction of sp³-hybridized carbons (Fsp3) is 0.353. The van der Waals surface area contributed by atoms with Crippen molar-refractivity contribution in [3.05, 3.63) is 117 Å². The molecule has 2 aliphatic heterocycles. The molecule has 0 spiro atoms. The number of aryl methyl sites for hydroxylation is 2. The van der Waals surface area contributed by atoms with E-state index in [0.717, 1.165) is 77.4 Å². The molecule has 0 bridgehead atoms. The van der Waals surface area contributed by atoms with Gasteiger partial charge in [-0.3, -0.25) is 33.8 Å². The largest absolute Gasteiger partial charge is 0.492 e. The van der Waals surface area contributed by atoms with Crippen LogP contribution in [0.1, 0.15) is 6.92 Å². The van der Waals surface area contributed by atoms with E-state index in [0.29, 0.717) is 79.6 Å². The van der Waals surface area contributed by atoms with E-state index >= 15 is 0 Å². The molecule has 0 saturated carbocycles. The quantitative estimate of drug-likeness (QED) is 0.0833. The summed E-state index contributed by atoms with van der Waals surface area (Å²) in [7, 11) is 1.30. The number of piperazine rings is 2. The van der Waals surface area contributed by atoms with E-state index in [-0.39, 0.29) is 35.1 Å². The van der Waals surface area contributed by atoms with Crippen molar-refractivity contribution in [1.82, 2.24) is 44.1 Å². The normalized spacial score (nSPS) is 14.9. The highest BCUT2D eigenvalue weighted by atomic mass is 35.5. The first-order valence-electron chi connectivity index (χ1n) is 24.1. The molecule has 0 radical (unpaired) electrons. The summed E-state index contributed by atoms with van der Waals surface area (Å²) in [5.74, 6) is 2.42. The zero-order chi connectivity index (χ0) is 51.2. The van der Waals surface area contributed by atoms with Gasteiger partial charge >= 0.3 is 0 Å². The van der Waals surface area contributed by atoms with Crippen molar-refractivity contribution in [1.29, 1.82) is 0 Å². The molecule has 9 rings (SSSR count). The van der Waals surface area contributed by atoms with Gasteiger partial charge in [0.05, 0.1) is 17.5 Å². The van der Waals surface area contributed by atoms with Crippen molar-refractivity contribution < 1.29 is 27.4 Å². The Bertz CT molecular complexity index is 3370. The monoisotopic (exact) mass is 1030 g/mol. The number of sulfonamides is 1. The second-order valence-corrected chi connectivity index (χ2v) is 20.4. The molecular weight excluding hydrogens is 976 g/mol. The Hall–Kier alpha value is -7.17. The van der Waals surface area contributed by atoms with Gasteiger partial charge in [-0.05, 0) is 67.6 Å². The summed E-state index contributed by atoms with van der Waals surface area (Å²) in [6, 6.07) is 21.6. The molecule has 73 heavy (non-hydrogen) atoms. The van der Waals surface area contributed by atoms with Crippen LogP contribution in [0, 0.1) is 0 Å². The molecule has 1 amide bonds. The number of halogens is 1. The first kappa shape index (κ1) is 50.8. The minimum absolute atomic E-state index is 0.0768.